The van der Waals surface area contributed by atoms with Gasteiger partial charge in [0, 0.05) is 6.42 Å². The van der Waals surface area contributed by atoms with E-state index < -0.39 is 36.2 Å². The second kappa shape index (κ2) is 7.06. The van der Waals surface area contributed by atoms with Gasteiger partial charge in [0.2, 0.25) is 5.78 Å². The van der Waals surface area contributed by atoms with Crippen molar-refractivity contribution in [3.8, 4) is 5.75 Å². The van der Waals surface area contributed by atoms with Gasteiger partial charge in [-0.05, 0) is 31.0 Å². The molecular weight excluding hydrogens is 305 g/mol. The fourth-order valence-corrected chi connectivity index (χ4v) is 1.58. The summed E-state index contributed by atoms with van der Waals surface area (Å²) in [6, 6.07) is 5.45. The van der Waals surface area contributed by atoms with Crippen LogP contribution in [0.1, 0.15) is 18.9 Å². The summed E-state index contributed by atoms with van der Waals surface area (Å²) in [4.78, 5) is 32.6. The first kappa shape index (κ1) is 17.7. The van der Waals surface area contributed by atoms with Crippen molar-refractivity contribution < 1.29 is 37.4 Å². The summed E-state index contributed by atoms with van der Waals surface area (Å²) in [5, 5.41) is 8.79. The minimum atomic E-state index is -4.85. The molecule has 1 aromatic carbocycles. The number of aliphatic carboxylic acids is 1. The number of ketones is 2. The van der Waals surface area contributed by atoms with Crippen molar-refractivity contribution in [3.63, 3.8) is 0 Å². The quantitative estimate of drug-likeness (QED) is 0.779. The first-order valence-electron chi connectivity index (χ1n) is 6.20. The smallest absolute Gasteiger partial charge is 0.449 e. The summed E-state index contributed by atoms with van der Waals surface area (Å²) in [7, 11) is 0. The van der Waals surface area contributed by atoms with Crippen LogP contribution < -0.4 is 4.74 Å². The van der Waals surface area contributed by atoms with Gasteiger partial charge in [-0.1, -0.05) is 12.1 Å². The zero-order valence-corrected chi connectivity index (χ0v) is 11.5. The van der Waals surface area contributed by atoms with E-state index in [1.54, 1.807) is 0 Å². The molecule has 0 bridgehead atoms. The number of rotatable bonds is 7. The second-order valence-electron chi connectivity index (χ2n) is 4.51. The molecule has 0 saturated heterocycles. The molecule has 1 aromatic rings. The normalized spacial score (nSPS) is 12.5. The molecule has 0 fully saturated rings. The van der Waals surface area contributed by atoms with E-state index in [4.69, 9.17) is 9.84 Å². The van der Waals surface area contributed by atoms with Gasteiger partial charge >= 0.3 is 12.1 Å². The van der Waals surface area contributed by atoms with Crippen LogP contribution in [0.5, 0.6) is 5.75 Å². The number of hydrogen-bond donors (Lipinski definition) is 1. The average molecular weight is 318 g/mol. The van der Waals surface area contributed by atoms with Crippen LogP contribution in [0.25, 0.3) is 0 Å². The summed E-state index contributed by atoms with van der Waals surface area (Å²) in [5.41, 5.74) is 0.458. The number of halogens is 3. The number of carboxylic acids is 1. The molecule has 0 heterocycles. The highest BCUT2D eigenvalue weighted by molar-refractivity contribution is 6.00. The van der Waals surface area contributed by atoms with Gasteiger partial charge in [0.05, 0.1) is 0 Å². The van der Waals surface area contributed by atoms with Crippen molar-refractivity contribution in [3.05, 3.63) is 29.8 Å². The maximum atomic E-state index is 12.1. The Morgan fingerprint density at radius 1 is 1.18 bits per heavy atom. The molecule has 120 valence electrons. The summed E-state index contributed by atoms with van der Waals surface area (Å²) in [5.74, 6) is -3.84. The monoisotopic (exact) mass is 318 g/mol. The Bertz CT molecular complexity index is 549. The third-order valence-electron chi connectivity index (χ3n) is 2.73. The number of alkyl halides is 3. The van der Waals surface area contributed by atoms with Crippen molar-refractivity contribution in [1.82, 2.24) is 0 Å². The molecule has 8 heteroatoms. The molecular formula is C14H13F3O5. The van der Waals surface area contributed by atoms with Crippen molar-refractivity contribution >= 4 is 17.5 Å². The summed E-state index contributed by atoms with van der Waals surface area (Å²) < 4.78 is 41.1. The van der Waals surface area contributed by atoms with Gasteiger partial charge in [0.1, 0.15) is 5.75 Å². The highest BCUT2D eigenvalue weighted by Gasteiger charge is 2.37. The Hall–Kier alpha value is -2.38. The number of carbonyl (C=O) groups is 3. The lowest BCUT2D eigenvalue weighted by Crippen LogP contribution is -2.33. The van der Waals surface area contributed by atoms with Crippen molar-refractivity contribution in [2.24, 2.45) is 0 Å². The average Bonchev–Trinajstić information content (AvgIpc) is 2.41. The molecule has 0 spiro atoms. The van der Waals surface area contributed by atoms with Gasteiger partial charge in [-0.2, -0.15) is 13.2 Å². The van der Waals surface area contributed by atoms with E-state index in [9.17, 15) is 27.6 Å². The highest BCUT2D eigenvalue weighted by atomic mass is 19.4. The van der Waals surface area contributed by atoms with Crippen LogP contribution in [0.2, 0.25) is 0 Å². The Morgan fingerprint density at radius 3 is 2.14 bits per heavy atom. The van der Waals surface area contributed by atoms with E-state index >= 15 is 0 Å². The van der Waals surface area contributed by atoms with Gasteiger partial charge < -0.3 is 9.84 Å². The van der Waals surface area contributed by atoms with E-state index in [1.807, 2.05) is 0 Å². The van der Waals surface area contributed by atoms with Crippen molar-refractivity contribution in [2.45, 2.75) is 32.0 Å². The molecule has 1 unspecified atom stereocenters. The van der Waals surface area contributed by atoms with Crippen LogP contribution in [0.4, 0.5) is 13.2 Å². The predicted octanol–water partition coefficient (Wildman–Crippen LogP) is 2.17. The van der Waals surface area contributed by atoms with Gasteiger partial charge in [-0.15, -0.1) is 0 Å². The van der Waals surface area contributed by atoms with Gasteiger partial charge in [-0.25, -0.2) is 4.79 Å². The number of ether oxygens (including phenoxy) is 1. The van der Waals surface area contributed by atoms with Crippen LogP contribution in [-0.4, -0.2) is 34.9 Å². The van der Waals surface area contributed by atoms with E-state index in [-0.39, 0.29) is 12.2 Å². The Morgan fingerprint density at radius 2 is 1.73 bits per heavy atom. The van der Waals surface area contributed by atoms with Crippen LogP contribution >= 0.6 is 0 Å². The third-order valence-corrected chi connectivity index (χ3v) is 2.73. The molecule has 0 aliphatic rings. The van der Waals surface area contributed by atoms with E-state index in [1.165, 1.54) is 24.3 Å². The minimum absolute atomic E-state index is 0.0912. The van der Waals surface area contributed by atoms with E-state index in [0.29, 0.717) is 5.56 Å². The maximum absolute atomic E-state index is 12.1. The van der Waals surface area contributed by atoms with Gasteiger partial charge in [0.15, 0.2) is 5.78 Å². The summed E-state index contributed by atoms with van der Waals surface area (Å²) in [6.07, 6.45) is -7.26. The molecule has 0 aliphatic carbocycles. The number of carboxylic acid groups (broad SMARTS) is 1. The lowest BCUT2D eigenvalue weighted by Gasteiger charge is -2.12. The predicted molar refractivity (Wildman–Crippen MR) is 68.6 cm³/mol. The summed E-state index contributed by atoms with van der Waals surface area (Å²) in [6.45, 7) is 1.07. The summed E-state index contributed by atoms with van der Waals surface area (Å²) >= 11 is 0. The van der Waals surface area contributed by atoms with Gasteiger partial charge in [0.25, 0.3) is 6.10 Å². The first-order chi connectivity index (χ1) is 10.1. The number of benzene rings is 1. The van der Waals surface area contributed by atoms with Crippen LogP contribution in [-0.2, 0) is 20.8 Å². The molecule has 0 amide bonds. The molecule has 0 saturated carbocycles. The second-order valence-corrected chi connectivity index (χ2v) is 4.51. The van der Waals surface area contributed by atoms with Crippen molar-refractivity contribution in [2.75, 3.05) is 0 Å². The lowest BCUT2D eigenvalue weighted by atomic mass is 10.1. The molecule has 1 rings (SSSR count). The lowest BCUT2D eigenvalue weighted by molar-refractivity contribution is -0.171. The van der Waals surface area contributed by atoms with Crippen LogP contribution in [0.3, 0.4) is 0 Å². The molecule has 22 heavy (non-hydrogen) atoms. The maximum Gasteiger partial charge on any atom is 0.449 e. The zero-order valence-electron chi connectivity index (χ0n) is 11.5. The number of aryl methyl sites for hydroxylation is 1. The standard InChI is InChI=1S/C14H13F3O5/c1-8(18)12(13(20)21)22-10-5-2-9(3-6-10)4-7-11(19)14(15,16)17/h2-3,5-6,12H,4,7H2,1H3,(H,20,21). The van der Waals surface area contributed by atoms with E-state index in [2.05, 4.69) is 0 Å². The minimum Gasteiger partial charge on any atom is -0.478 e. The fourth-order valence-electron chi connectivity index (χ4n) is 1.58. The molecule has 0 aliphatic heterocycles. The SMILES string of the molecule is CC(=O)C(Oc1ccc(CCC(=O)C(F)(F)F)cc1)C(=O)O. The van der Waals surface area contributed by atoms with Crippen LogP contribution in [0, 0.1) is 0 Å². The Balaban J connectivity index is 2.65. The number of Topliss-reactive ketones (excluding diaryl/α,β-unsaturated/α-hetero) is 2. The zero-order chi connectivity index (χ0) is 16.9. The molecule has 1 atom stereocenters. The number of carbonyl (C=O) groups excluding carboxylic acids is 2. The molecule has 0 radical (unpaired) electrons. The van der Waals surface area contributed by atoms with Gasteiger partial charge in [-0.3, -0.25) is 9.59 Å². The molecule has 5 nitrogen and oxygen atoms in total. The Kier molecular flexibility index (Phi) is 5.67. The highest BCUT2D eigenvalue weighted by Crippen LogP contribution is 2.20. The molecule has 0 aromatic heterocycles. The van der Waals surface area contributed by atoms with E-state index in [0.717, 1.165) is 6.92 Å². The molecule has 1 N–H and O–H groups in total. The van der Waals surface area contributed by atoms with Crippen molar-refractivity contribution in [1.29, 1.82) is 0 Å². The van der Waals surface area contributed by atoms with Crippen LogP contribution in [0.15, 0.2) is 24.3 Å². The number of hydrogen-bond acceptors (Lipinski definition) is 4. The third kappa shape index (κ3) is 5.19. The Labute approximate surface area is 123 Å². The fraction of sp³-hybridized carbons (Fsp3) is 0.357. The largest absolute Gasteiger partial charge is 0.478 e. The topological polar surface area (TPSA) is 80.7 Å². The first-order valence-corrected chi connectivity index (χ1v) is 6.20.